The van der Waals surface area contributed by atoms with Gasteiger partial charge >= 0.3 is 0 Å². The van der Waals surface area contributed by atoms with Crippen molar-refractivity contribution in [1.82, 2.24) is 14.9 Å². The van der Waals surface area contributed by atoms with Crippen LogP contribution in [-0.2, 0) is 0 Å². The zero-order valence-electron chi connectivity index (χ0n) is 15.9. The first kappa shape index (κ1) is 17.8. The zero-order valence-corrected chi connectivity index (χ0v) is 15.9. The first-order valence-corrected chi connectivity index (χ1v) is 9.87. The van der Waals surface area contributed by atoms with Gasteiger partial charge in [0, 0.05) is 57.3 Å². The Hall–Kier alpha value is -2.63. The van der Waals surface area contributed by atoms with Gasteiger partial charge in [-0.2, -0.15) is 0 Å². The summed E-state index contributed by atoms with van der Waals surface area (Å²) in [5.74, 6) is 1.44. The lowest BCUT2D eigenvalue weighted by Gasteiger charge is -2.36. The van der Waals surface area contributed by atoms with Crippen molar-refractivity contribution in [2.24, 2.45) is 5.92 Å². The lowest BCUT2D eigenvalue weighted by atomic mass is 10.0. The summed E-state index contributed by atoms with van der Waals surface area (Å²) in [5, 5.41) is 0. The third-order valence-electron chi connectivity index (χ3n) is 5.51. The molecule has 0 N–H and O–H groups in total. The van der Waals surface area contributed by atoms with Crippen LogP contribution in [0.5, 0.6) is 0 Å². The number of piperazine rings is 1. The van der Waals surface area contributed by atoms with Crippen LogP contribution < -0.4 is 9.80 Å². The Bertz CT molecular complexity index is 756. The molecule has 2 aliphatic rings. The average molecular weight is 365 g/mol. The minimum atomic E-state index is 0.0290. The number of hydrogen-bond acceptors (Lipinski definition) is 5. The van der Waals surface area contributed by atoms with E-state index >= 15 is 0 Å². The van der Waals surface area contributed by atoms with E-state index in [1.165, 1.54) is 18.5 Å². The number of anilines is 2. The van der Waals surface area contributed by atoms with E-state index in [1.807, 2.05) is 11.0 Å². The average Bonchev–Trinajstić information content (AvgIpc) is 2.74. The van der Waals surface area contributed by atoms with Crippen LogP contribution in [-0.4, -0.2) is 60.0 Å². The molecule has 27 heavy (non-hydrogen) atoms. The van der Waals surface area contributed by atoms with E-state index in [0.29, 0.717) is 11.5 Å². The van der Waals surface area contributed by atoms with Crippen LogP contribution in [0.3, 0.4) is 0 Å². The lowest BCUT2D eigenvalue weighted by Crippen LogP contribution is -2.48. The Kier molecular flexibility index (Phi) is 5.23. The fourth-order valence-corrected chi connectivity index (χ4v) is 3.96. The predicted molar refractivity (Wildman–Crippen MR) is 107 cm³/mol. The standard InChI is InChI=1S/C21H27N5O/c1-17-6-5-9-26(16-17)21-22-14-18(15-23-21)20(27)25-12-10-24(11-13-25)19-7-3-2-4-8-19/h2-4,7-8,14-15,17H,5-6,9-13,16H2,1H3. The van der Waals surface area contributed by atoms with Crippen molar-refractivity contribution in [2.45, 2.75) is 19.8 Å². The maximum absolute atomic E-state index is 12.8. The summed E-state index contributed by atoms with van der Waals surface area (Å²) < 4.78 is 0. The number of benzene rings is 1. The van der Waals surface area contributed by atoms with E-state index in [2.05, 4.69) is 51.0 Å². The van der Waals surface area contributed by atoms with Crippen molar-refractivity contribution in [3.63, 3.8) is 0 Å². The molecule has 6 heteroatoms. The highest BCUT2D eigenvalue weighted by atomic mass is 16.2. The van der Waals surface area contributed by atoms with Crippen LogP contribution in [0, 0.1) is 5.92 Å². The fourth-order valence-electron chi connectivity index (χ4n) is 3.96. The largest absolute Gasteiger partial charge is 0.368 e. The molecule has 0 bridgehead atoms. The molecule has 0 radical (unpaired) electrons. The van der Waals surface area contributed by atoms with E-state index < -0.39 is 0 Å². The SMILES string of the molecule is CC1CCCN(c2ncc(C(=O)N3CCN(c4ccccc4)CC3)cn2)C1. The fraction of sp³-hybridized carbons (Fsp3) is 0.476. The highest BCUT2D eigenvalue weighted by Gasteiger charge is 2.24. The molecular formula is C21H27N5O. The second kappa shape index (κ2) is 7.94. The molecule has 2 aromatic rings. The van der Waals surface area contributed by atoms with E-state index in [9.17, 15) is 4.79 Å². The Morgan fingerprint density at radius 1 is 0.963 bits per heavy atom. The van der Waals surface area contributed by atoms with Gasteiger partial charge in [-0.05, 0) is 30.9 Å². The van der Waals surface area contributed by atoms with Gasteiger partial charge in [0.05, 0.1) is 5.56 Å². The lowest BCUT2D eigenvalue weighted by molar-refractivity contribution is 0.0746. The van der Waals surface area contributed by atoms with Crippen molar-refractivity contribution >= 4 is 17.5 Å². The van der Waals surface area contributed by atoms with Gasteiger partial charge in [0.15, 0.2) is 0 Å². The molecule has 1 atom stereocenters. The van der Waals surface area contributed by atoms with Crippen molar-refractivity contribution in [3.8, 4) is 0 Å². The summed E-state index contributed by atoms with van der Waals surface area (Å²) >= 11 is 0. The van der Waals surface area contributed by atoms with Gasteiger partial charge in [0.25, 0.3) is 5.91 Å². The second-order valence-corrected chi connectivity index (χ2v) is 7.58. The maximum Gasteiger partial charge on any atom is 0.257 e. The Morgan fingerprint density at radius 2 is 1.67 bits per heavy atom. The molecule has 4 rings (SSSR count). The van der Waals surface area contributed by atoms with E-state index in [-0.39, 0.29) is 5.91 Å². The number of aromatic nitrogens is 2. The number of hydrogen-bond donors (Lipinski definition) is 0. The van der Waals surface area contributed by atoms with Crippen molar-refractivity contribution in [3.05, 3.63) is 48.3 Å². The molecule has 0 saturated carbocycles. The molecule has 2 fully saturated rings. The molecule has 1 aromatic heterocycles. The monoisotopic (exact) mass is 365 g/mol. The van der Waals surface area contributed by atoms with Crippen LogP contribution in [0.2, 0.25) is 0 Å². The number of amides is 1. The topological polar surface area (TPSA) is 52.6 Å². The molecule has 0 spiro atoms. The van der Waals surface area contributed by atoms with Crippen LogP contribution in [0.15, 0.2) is 42.7 Å². The summed E-state index contributed by atoms with van der Waals surface area (Å²) in [6.07, 6.45) is 5.82. The van der Waals surface area contributed by atoms with E-state index in [1.54, 1.807) is 12.4 Å². The molecule has 0 aliphatic carbocycles. The summed E-state index contributed by atoms with van der Waals surface area (Å²) in [5.41, 5.74) is 1.80. The number of rotatable bonds is 3. The Morgan fingerprint density at radius 3 is 2.33 bits per heavy atom. The van der Waals surface area contributed by atoms with Gasteiger partial charge < -0.3 is 14.7 Å². The first-order valence-electron chi connectivity index (χ1n) is 9.87. The smallest absolute Gasteiger partial charge is 0.257 e. The number of carbonyl (C=O) groups is 1. The van der Waals surface area contributed by atoms with Crippen molar-refractivity contribution in [1.29, 1.82) is 0 Å². The summed E-state index contributed by atoms with van der Waals surface area (Å²) in [4.78, 5) is 28.2. The van der Waals surface area contributed by atoms with Gasteiger partial charge in [-0.3, -0.25) is 4.79 Å². The molecule has 3 heterocycles. The molecule has 6 nitrogen and oxygen atoms in total. The molecule has 1 unspecified atom stereocenters. The second-order valence-electron chi connectivity index (χ2n) is 7.58. The van der Waals surface area contributed by atoms with Crippen LogP contribution >= 0.6 is 0 Å². The predicted octanol–water partition coefficient (Wildman–Crippen LogP) is 2.68. The maximum atomic E-state index is 12.8. The van der Waals surface area contributed by atoms with Crippen LogP contribution in [0.1, 0.15) is 30.1 Å². The molecule has 2 aliphatic heterocycles. The highest BCUT2D eigenvalue weighted by Crippen LogP contribution is 2.20. The number of para-hydroxylation sites is 1. The molecule has 2 saturated heterocycles. The van der Waals surface area contributed by atoms with Crippen LogP contribution in [0.4, 0.5) is 11.6 Å². The van der Waals surface area contributed by atoms with Crippen LogP contribution in [0.25, 0.3) is 0 Å². The minimum Gasteiger partial charge on any atom is -0.368 e. The Balaban J connectivity index is 1.36. The summed E-state index contributed by atoms with van der Waals surface area (Å²) in [6.45, 7) is 7.39. The van der Waals surface area contributed by atoms with E-state index in [0.717, 1.165) is 45.2 Å². The Labute approximate surface area is 160 Å². The van der Waals surface area contributed by atoms with Gasteiger partial charge in [0.2, 0.25) is 5.95 Å². The van der Waals surface area contributed by atoms with Gasteiger partial charge in [0.1, 0.15) is 0 Å². The summed E-state index contributed by atoms with van der Waals surface area (Å²) in [7, 11) is 0. The number of piperidine rings is 1. The van der Waals surface area contributed by atoms with Crippen molar-refractivity contribution in [2.75, 3.05) is 49.1 Å². The van der Waals surface area contributed by atoms with Gasteiger partial charge in [-0.1, -0.05) is 25.1 Å². The van der Waals surface area contributed by atoms with Gasteiger partial charge in [-0.15, -0.1) is 0 Å². The normalized spacial score (nSPS) is 20.6. The molecule has 142 valence electrons. The molecule has 1 aromatic carbocycles. The van der Waals surface area contributed by atoms with Gasteiger partial charge in [-0.25, -0.2) is 9.97 Å². The van der Waals surface area contributed by atoms with E-state index in [4.69, 9.17) is 0 Å². The molecular weight excluding hydrogens is 338 g/mol. The number of carbonyl (C=O) groups excluding carboxylic acids is 1. The molecule has 1 amide bonds. The quantitative estimate of drug-likeness (QED) is 0.837. The minimum absolute atomic E-state index is 0.0290. The first-order chi connectivity index (χ1) is 13.2. The zero-order chi connectivity index (χ0) is 18.6. The number of nitrogens with zero attached hydrogens (tertiary/aromatic N) is 5. The van der Waals surface area contributed by atoms with Crippen molar-refractivity contribution < 1.29 is 4.79 Å². The third-order valence-corrected chi connectivity index (χ3v) is 5.51. The summed E-state index contributed by atoms with van der Waals surface area (Å²) in [6, 6.07) is 10.4. The highest BCUT2D eigenvalue weighted by molar-refractivity contribution is 5.93. The third kappa shape index (κ3) is 4.04.